The molecule has 1 N–H and O–H groups in total. The molecule has 0 unspecified atom stereocenters. The lowest BCUT2D eigenvalue weighted by molar-refractivity contribution is 0.199. The highest BCUT2D eigenvalue weighted by molar-refractivity contribution is 5.45. The zero-order chi connectivity index (χ0) is 13.4. The summed E-state index contributed by atoms with van der Waals surface area (Å²) in [6.45, 7) is 7.87. The predicted molar refractivity (Wildman–Crippen MR) is 75.9 cm³/mol. The van der Waals surface area contributed by atoms with E-state index in [9.17, 15) is 0 Å². The molecule has 0 fully saturated rings. The summed E-state index contributed by atoms with van der Waals surface area (Å²) in [6.07, 6.45) is 1.85. The summed E-state index contributed by atoms with van der Waals surface area (Å²) in [5.41, 5.74) is 1.23. The Labute approximate surface area is 110 Å². The van der Waals surface area contributed by atoms with Crippen LogP contribution in [0.4, 0.5) is 5.82 Å². The molecule has 4 heteroatoms. The van der Waals surface area contributed by atoms with Gasteiger partial charge in [-0.3, -0.25) is 0 Å². The van der Waals surface area contributed by atoms with E-state index >= 15 is 0 Å². The first-order chi connectivity index (χ1) is 8.65. The van der Waals surface area contributed by atoms with Crippen molar-refractivity contribution in [1.82, 2.24) is 10.3 Å². The fourth-order valence-electron chi connectivity index (χ4n) is 1.94. The number of rotatable bonds is 8. The van der Waals surface area contributed by atoms with Crippen LogP contribution in [0.2, 0.25) is 0 Å². The lowest BCUT2D eigenvalue weighted by atomic mass is 10.2. The Morgan fingerprint density at radius 2 is 2.22 bits per heavy atom. The van der Waals surface area contributed by atoms with Crippen LogP contribution in [-0.2, 0) is 11.3 Å². The number of nitrogens with zero attached hydrogens (tertiary/aromatic N) is 2. The van der Waals surface area contributed by atoms with E-state index in [1.807, 2.05) is 12.3 Å². The van der Waals surface area contributed by atoms with Crippen molar-refractivity contribution < 1.29 is 4.74 Å². The van der Waals surface area contributed by atoms with E-state index in [1.165, 1.54) is 5.56 Å². The Balaban J connectivity index is 2.61. The minimum atomic E-state index is 0.631. The third kappa shape index (κ3) is 5.02. The second-order valence-electron chi connectivity index (χ2n) is 4.93. The first-order valence-electron chi connectivity index (χ1n) is 6.49. The number of aromatic nitrogens is 1. The summed E-state index contributed by atoms with van der Waals surface area (Å²) < 4.78 is 5.02. The summed E-state index contributed by atoms with van der Waals surface area (Å²) in [7, 11) is 3.81. The van der Waals surface area contributed by atoms with E-state index in [4.69, 9.17) is 4.74 Å². The Morgan fingerprint density at radius 1 is 1.44 bits per heavy atom. The molecule has 0 bridgehead atoms. The minimum absolute atomic E-state index is 0.631. The van der Waals surface area contributed by atoms with Crippen LogP contribution in [0.3, 0.4) is 0 Å². The lowest BCUT2D eigenvalue weighted by Gasteiger charge is -2.23. The predicted octanol–water partition coefficient (Wildman–Crippen LogP) is 1.91. The number of hydrogen-bond donors (Lipinski definition) is 1. The van der Waals surface area contributed by atoms with Gasteiger partial charge in [0.25, 0.3) is 0 Å². The van der Waals surface area contributed by atoms with Crippen LogP contribution in [0, 0.1) is 5.92 Å². The Bertz CT molecular complexity index is 342. The zero-order valence-corrected chi connectivity index (χ0v) is 11.9. The van der Waals surface area contributed by atoms with Gasteiger partial charge in [-0.05, 0) is 12.0 Å². The number of methoxy groups -OCH3 is 1. The fourth-order valence-corrected chi connectivity index (χ4v) is 1.94. The van der Waals surface area contributed by atoms with E-state index in [-0.39, 0.29) is 0 Å². The maximum absolute atomic E-state index is 5.02. The highest BCUT2D eigenvalue weighted by atomic mass is 16.5. The second kappa shape index (κ2) is 8.06. The smallest absolute Gasteiger partial charge is 0.132 e. The van der Waals surface area contributed by atoms with Gasteiger partial charge in [0.2, 0.25) is 0 Å². The Morgan fingerprint density at radius 3 is 2.89 bits per heavy atom. The molecule has 1 rings (SSSR count). The molecule has 4 nitrogen and oxygen atoms in total. The highest BCUT2D eigenvalue weighted by Gasteiger charge is 2.09. The molecule has 1 aromatic heterocycles. The van der Waals surface area contributed by atoms with Crippen molar-refractivity contribution in [3.63, 3.8) is 0 Å². The number of hydrogen-bond acceptors (Lipinski definition) is 4. The van der Waals surface area contributed by atoms with E-state index in [1.54, 1.807) is 7.11 Å². The molecule has 1 aromatic rings. The van der Waals surface area contributed by atoms with Crippen LogP contribution in [-0.4, -0.2) is 38.8 Å². The lowest BCUT2D eigenvalue weighted by Crippen LogP contribution is -2.26. The van der Waals surface area contributed by atoms with Gasteiger partial charge in [-0.2, -0.15) is 0 Å². The molecule has 1 heterocycles. The van der Waals surface area contributed by atoms with Crippen LogP contribution in [0.15, 0.2) is 18.3 Å². The molecule has 0 amide bonds. The van der Waals surface area contributed by atoms with Gasteiger partial charge in [0.15, 0.2) is 0 Å². The van der Waals surface area contributed by atoms with Crippen molar-refractivity contribution >= 4 is 5.82 Å². The summed E-state index contributed by atoms with van der Waals surface area (Å²) in [5.74, 6) is 1.70. The third-order valence-corrected chi connectivity index (χ3v) is 2.67. The highest BCUT2D eigenvalue weighted by Crippen LogP contribution is 2.16. The van der Waals surface area contributed by atoms with E-state index in [0.29, 0.717) is 5.92 Å². The third-order valence-electron chi connectivity index (χ3n) is 2.67. The quantitative estimate of drug-likeness (QED) is 0.716. The van der Waals surface area contributed by atoms with Gasteiger partial charge in [-0.25, -0.2) is 4.98 Å². The monoisotopic (exact) mass is 251 g/mol. The van der Waals surface area contributed by atoms with E-state index in [0.717, 1.165) is 32.1 Å². The summed E-state index contributed by atoms with van der Waals surface area (Å²) in [5, 5.41) is 3.36. The fraction of sp³-hybridized carbons (Fsp3) is 0.643. The maximum atomic E-state index is 5.02. The molecule has 0 aromatic carbocycles. The molecular formula is C14H25N3O. The molecule has 0 radical (unpaired) electrons. The van der Waals surface area contributed by atoms with Crippen molar-refractivity contribution in [3.05, 3.63) is 23.9 Å². The molecule has 18 heavy (non-hydrogen) atoms. The number of pyridine rings is 1. The van der Waals surface area contributed by atoms with Gasteiger partial charge in [0, 0.05) is 45.6 Å². The molecule has 0 saturated heterocycles. The topological polar surface area (TPSA) is 37.4 Å². The van der Waals surface area contributed by atoms with Gasteiger partial charge in [0.05, 0.1) is 6.61 Å². The zero-order valence-electron chi connectivity index (χ0n) is 11.9. The maximum Gasteiger partial charge on any atom is 0.132 e. The van der Waals surface area contributed by atoms with Gasteiger partial charge in [-0.15, -0.1) is 0 Å². The van der Waals surface area contributed by atoms with Crippen LogP contribution < -0.4 is 10.2 Å². The Hall–Kier alpha value is -1.13. The van der Waals surface area contributed by atoms with Crippen molar-refractivity contribution in [2.24, 2.45) is 5.92 Å². The summed E-state index contributed by atoms with van der Waals surface area (Å²) in [4.78, 5) is 6.71. The SMILES string of the molecule is COCCNCc1cccnc1N(C)CC(C)C. The van der Waals surface area contributed by atoms with E-state index < -0.39 is 0 Å². The first kappa shape index (κ1) is 14.9. The molecule has 0 atom stereocenters. The summed E-state index contributed by atoms with van der Waals surface area (Å²) >= 11 is 0. The van der Waals surface area contributed by atoms with Crippen LogP contribution in [0.5, 0.6) is 0 Å². The van der Waals surface area contributed by atoms with Crippen LogP contribution >= 0.6 is 0 Å². The molecule has 0 spiro atoms. The van der Waals surface area contributed by atoms with Gasteiger partial charge in [0.1, 0.15) is 5.82 Å². The van der Waals surface area contributed by atoms with Crippen LogP contribution in [0.1, 0.15) is 19.4 Å². The Kier molecular flexibility index (Phi) is 6.68. The van der Waals surface area contributed by atoms with E-state index in [2.05, 4.69) is 42.2 Å². The van der Waals surface area contributed by atoms with Crippen molar-refractivity contribution in [1.29, 1.82) is 0 Å². The molecular weight excluding hydrogens is 226 g/mol. The van der Waals surface area contributed by atoms with Gasteiger partial charge < -0.3 is 15.0 Å². The summed E-state index contributed by atoms with van der Waals surface area (Å²) in [6, 6.07) is 4.11. The minimum Gasteiger partial charge on any atom is -0.383 e. The second-order valence-corrected chi connectivity index (χ2v) is 4.93. The van der Waals surface area contributed by atoms with Crippen molar-refractivity contribution in [3.8, 4) is 0 Å². The number of nitrogens with one attached hydrogen (secondary N) is 1. The molecule has 102 valence electrons. The molecule has 0 saturated carbocycles. The van der Waals surface area contributed by atoms with Crippen LogP contribution in [0.25, 0.3) is 0 Å². The van der Waals surface area contributed by atoms with Crippen molar-refractivity contribution in [2.75, 3.05) is 38.8 Å². The molecule has 0 aliphatic heterocycles. The first-order valence-corrected chi connectivity index (χ1v) is 6.49. The number of ether oxygens (including phenoxy) is 1. The normalized spacial score (nSPS) is 10.9. The van der Waals surface area contributed by atoms with Gasteiger partial charge >= 0.3 is 0 Å². The molecule has 0 aliphatic rings. The average molecular weight is 251 g/mol. The molecule has 0 aliphatic carbocycles. The average Bonchev–Trinajstić information content (AvgIpc) is 2.34. The van der Waals surface area contributed by atoms with Gasteiger partial charge in [-0.1, -0.05) is 19.9 Å². The standard InChI is InChI=1S/C14H25N3O/c1-12(2)11-17(3)14-13(6-5-7-16-14)10-15-8-9-18-4/h5-7,12,15H,8-11H2,1-4H3. The number of anilines is 1. The van der Waals surface area contributed by atoms with Crippen molar-refractivity contribution in [2.45, 2.75) is 20.4 Å². The largest absolute Gasteiger partial charge is 0.383 e.